The van der Waals surface area contributed by atoms with Gasteiger partial charge in [-0.1, -0.05) is 6.92 Å². The normalized spacial score (nSPS) is 15.9. The first-order valence-electron chi connectivity index (χ1n) is 8.86. The van der Waals surface area contributed by atoms with Crippen LogP contribution in [-0.4, -0.2) is 59.4 Å². The van der Waals surface area contributed by atoms with Gasteiger partial charge in [-0.3, -0.25) is 19.2 Å². The summed E-state index contributed by atoms with van der Waals surface area (Å²) < 4.78 is 5.36. The molecule has 9 heteroatoms. The number of rotatable bonds is 5. The van der Waals surface area contributed by atoms with Crippen LogP contribution in [0.2, 0.25) is 0 Å². The number of hydrogen-bond donors (Lipinski definition) is 3. The number of likely N-dealkylation sites (tertiary alicyclic amines) is 1. The monoisotopic (exact) mass is 379 g/mol. The Morgan fingerprint density at radius 1 is 1.26 bits per heavy atom. The molecule has 0 saturated carbocycles. The summed E-state index contributed by atoms with van der Waals surface area (Å²) in [5.41, 5.74) is 0.498. The molecular formula is C18H25N3O6. The van der Waals surface area contributed by atoms with Gasteiger partial charge in [-0.15, -0.1) is 0 Å². The van der Waals surface area contributed by atoms with Crippen molar-refractivity contribution in [1.29, 1.82) is 0 Å². The van der Waals surface area contributed by atoms with Gasteiger partial charge >= 0.3 is 17.8 Å². The summed E-state index contributed by atoms with van der Waals surface area (Å²) in [5.74, 6) is -2.28. The zero-order chi connectivity index (χ0) is 20.1. The predicted octanol–water partition coefficient (Wildman–Crippen LogP) is 0.454. The predicted molar refractivity (Wildman–Crippen MR) is 95.1 cm³/mol. The Balaban J connectivity index is 1.79. The molecule has 1 aromatic rings. The Labute approximate surface area is 157 Å². The van der Waals surface area contributed by atoms with Gasteiger partial charge < -0.3 is 25.1 Å². The smallest absolute Gasteiger partial charge is 0.311 e. The molecule has 1 aromatic heterocycles. The molecular weight excluding hydrogens is 354 g/mol. The lowest BCUT2D eigenvalue weighted by Gasteiger charge is -2.32. The lowest BCUT2D eigenvalue weighted by molar-refractivity contribution is -0.147. The minimum absolute atomic E-state index is 0.0914. The van der Waals surface area contributed by atoms with Gasteiger partial charge in [0.1, 0.15) is 11.5 Å². The topological polar surface area (TPSA) is 129 Å². The van der Waals surface area contributed by atoms with Gasteiger partial charge in [-0.25, -0.2) is 0 Å². The van der Waals surface area contributed by atoms with Crippen LogP contribution in [-0.2, 0) is 14.4 Å². The third kappa shape index (κ3) is 5.32. The maximum atomic E-state index is 12.3. The average molecular weight is 379 g/mol. The van der Waals surface area contributed by atoms with E-state index in [2.05, 4.69) is 10.6 Å². The molecule has 2 heterocycles. The minimum Gasteiger partial charge on any atom is -0.481 e. The van der Waals surface area contributed by atoms with E-state index < -0.39 is 23.7 Å². The van der Waals surface area contributed by atoms with Crippen molar-refractivity contribution in [3.8, 4) is 0 Å². The summed E-state index contributed by atoms with van der Waals surface area (Å²) in [5, 5.41) is 14.1. The number of piperidine rings is 1. The fraction of sp³-hybridized carbons (Fsp3) is 0.556. The van der Waals surface area contributed by atoms with E-state index in [1.807, 2.05) is 0 Å². The third-order valence-electron chi connectivity index (χ3n) is 4.59. The van der Waals surface area contributed by atoms with E-state index in [4.69, 9.17) is 9.52 Å². The highest BCUT2D eigenvalue weighted by molar-refractivity contribution is 6.35. The standard InChI is InChI=1S/C18H25N3O6/c1-10(18(25)26)9-19-16(23)17(24)21-6-4-13(5-7-21)20-15(22)14-8-11(2)27-12(14)3/h8,10,13H,4-7,9H2,1-3H3,(H,19,23)(H,20,22)(H,25,26). The van der Waals surface area contributed by atoms with Crippen molar-refractivity contribution < 1.29 is 28.7 Å². The highest BCUT2D eigenvalue weighted by atomic mass is 16.4. The molecule has 3 N–H and O–H groups in total. The lowest BCUT2D eigenvalue weighted by Crippen LogP contribution is -2.51. The van der Waals surface area contributed by atoms with Crippen LogP contribution in [0.4, 0.5) is 0 Å². The summed E-state index contributed by atoms with van der Waals surface area (Å²) in [6.45, 7) is 5.54. The van der Waals surface area contributed by atoms with Crippen molar-refractivity contribution in [2.45, 2.75) is 39.7 Å². The first-order chi connectivity index (χ1) is 12.7. The van der Waals surface area contributed by atoms with E-state index >= 15 is 0 Å². The fourth-order valence-corrected chi connectivity index (χ4v) is 2.90. The number of aliphatic carboxylic acids is 1. The van der Waals surface area contributed by atoms with E-state index in [0.717, 1.165) is 0 Å². The first kappa shape index (κ1) is 20.5. The second-order valence-corrected chi connectivity index (χ2v) is 6.82. The summed E-state index contributed by atoms with van der Waals surface area (Å²) in [7, 11) is 0. The molecule has 0 spiro atoms. The van der Waals surface area contributed by atoms with E-state index in [1.165, 1.54) is 11.8 Å². The molecule has 1 aliphatic rings. The second kappa shape index (κ2) is 8.70. The van der Waals surface area contributed by atoms with Gasteiger partial charge in [-0.2, -0.15) is 0 Å². The minimum atomic E-state index is -1.04. The van der Waals surface area contributed by atoms with Crippen molar-refractivity contribution in [2.24, 2.45) is 5.92 Å². The van der Waals surface area contributed by atoms with Crippen LogP contribution in [0.15, 0.2) is 10.5 Å². The number of carboxylic acid groups (broad SMARTS) is 1. The maximum absolute atomic E-state index is 12.3. The summed E-state index contributed by atoms with van der Waals surface area (Å²) >= 11 is 0. The van der Waals surface area contributed by atoms with Gasteiger partial charge in [-0.05, 0) is 32.8 Å². The molecule has 3 amide bonds. The van der Waals surface area contributed by atoms with Crippen LogP contribution in [0.5, 0.6) is 0 Å². The third-order valence-corrected chi connectivity index (χ3v) is 4.59. The number of aryl methyl sites for hydroxylation is 2. The van der Waals surface area contributed by atoms with Crippen LogP contribution in [0, 0.1) is 19.8 Å². The van der Waals surface area contributed by atoms with Crippen molar-refractivity contribution in [3.63, 3.8) is 0 Å². The highest BCUT2D eigenvalue weighted by Crippen LogP contribution is 2.16. The van der Waals surface area contributed by atoms with E-state index in [9.17, 15) is 19.2 Å². The summed E-state index contributed by atoms with van der Waals surface area (Å²) in [6.07, 6.45) is 1.07. The Morgan fingerprint density at radius 3 is 2.41 bits per heavy atom. The first-order valence-corrected chi connectivity index (χ1v) is 8.86. The van der Waals surface area contributed by atoms with Gasteiger partial charge in [0.15, 0.2) is 0 Å². The fourth-order valence-electron chi connectivity index (χ4n) is 2.90. The van der Waals surface area contributed by atoms with Crippen molar-refractivity contribution in [3.05, 3.63) is 23.2 Å². The molecule has 2 rings (SSSR count). The largest absolute Gasteiger partial charge is 0.481 e. The van der Waals surface area contributed by atoms with Gasteiger partial charge in [0, 0.05) is 25.7 Å². The Morgan fingerprint density at radius 2 is 1.89 bits per heavy atom. The Bertz CT molecular complexity index is 733. The van der Waals surface area contributed by atoms with E-state index in [1.54, 1.807) is 19.9 Å². The zero-order valence-electron chi connectivity index (χ0n) is 15.7. The van der Waals surface area contributed by atoms with Gasteiger partial charge in [0.25, 0.3) is 5.91 Å². The molecule has 0 radical (unpaired) electrons. The van der Waals surface area contributed by atoms with Gasteiger partial charge in [0.2, 0.25) is 0 Å². The van der Waals surface area contributed by atoms with Crippen LogP contribution < -0.4 is 10.6 Å². The number of nitrogens with zero attached hydrogens (tertiary/aromatic N) is 1. The molecule has 0 bridgehead atoms. The number of carboxylic acids is 1. The summed E-state index contributed by atoms with van der Waals surface area (Å²) in [4.78, 5) is 48.5. The SMILES string of the molecule is Cc1cc(C(=O)NC2CCN(C(=O)C(=O)NCC(C)C(=O)O)CC2)c(C)o1. The van der Waals surface area contributed by atoms with E-state index in [-0.39, 0.29) is 18.5 Å². The molecule has 9 nitrogen and oxygen atoms in total. The maximum Gasteiger partial charge on any atom is 0.311 e. The Hall–Kier alpha value is -2.84. The average Bonchev–Trinajstić information content (AvgIpc) is 2.97. The molecule has 148 valence electrons. The van der Waals surface area contributed by atoms with Crippen LogP contribution in [0.3, 0.4) is 0 Å². The highest BCUT2D eigenvalue weighted by Gasteiger charge is 2.28. The number of nitrogens with one attached hydrogen (secondary N) is 2. The number of amides is 3. The van der Waals surface area contributed by atoms with Crippen molar-refractivity contribution in [2.75, 3.05) is 19.6 Å². The molecule has 1 saturated heterocycles. The molecule has 0 aromatic carbocycles. The van der Waals surface area contributed by atoms with Crippen LogP contribution in [0.25, 0.3) is 0 Å². The summed E-state index contributed by atoms with van der Waals surface area (Å²) in [6, 6.07) is 1.59. The Kier molecular flexibility index (Phi) is 6.59. The molecule has 1 fully saturated rings. The van der Waals surface area contributed by atoms with E-state index in [0.29, 0.717) is 43.0 Å². The molecule has 1 aliphatic heterocycles. The number of furan rings is 1. The molecule has 0 aliphatic carbocycles. The number of hydrogen-bond acceptors (Lipinski definition) is 5. The lowest BCUT2D eigenvalue weighted by atomic mass is 10.0. The van der Waals surface area contributed by atoms with Gasteiger partial charge in [0.05, 0.1) is 11.5 Å². The number of carbonyl (C=O) groups is 4. The zero-order valence-corrected chi connectivity index (χ0v) is 15.7. The number of carbonyl (C=O) groups excluding carboxylic acids is 3. The molecule has 27 heavy (non-hydrogen) atoms. The van der Waals surface area contributed by atoms with Crippen LogP contribution >= 0.6 is 0 Å². The van der Waals surface area contributed by atoms with Crippen molar-refractivity contribution in [1.82, 2.24) is 15.5 Å². The molecule has 1 unspecified atom stereocenters. The van der Waals surface area contributed by atoms with Crippen molar-refractivity contribution >= 4 is 23.7 Å². The van der Waals surface area contributed by atoms with Crippen LogP contribution in [0.1, 0.15) is 41.6 Å². The quantitative estimate of drug-likeness (QED) is 0.637. The molecule has 1 atom stereocenters. The second-order valence-electron chi connectivity index (χ2n) is 6.82.